The average Bonchev–Trinajstić information content (AvgIpc) is 3.07. The number of benzene rings is 1. The lowest BCUT2D eigenvalue weighted by Crippen LogP contribution is -2.35. The Bertz CT molecular complexity index is 553. The summed E-state index contributed by atoms with van der Waals surface area (Å²) in [4.78, 5) is 0. The summed E-state index contributed by atoms with van der Waals surface area (Å²) in [6, 6.07) is 7.82. The maximum Gasteiger partial charge on any atom is 0.155 e. The number of nitrogens with two attached hydrogens (primary N) is 1. The van der Waals surface area contributed by atoms with E-state index in [-0.39, 0.29) is 18.3 Å². The van der Waals surface area contributed by atoms with Crippen molar-refractivity contribution in [2.75, 3.05) is 12.4 Å². The number of aliphatic hydroxyl groups excluding tert-OH is 1. The van der Waals surface area contributed by atoms with Gasteiger partial charge in [-0.15, -0.1) is 0 Å². The van der Waals surface area contributed by atoms with Gasteiger partial charge in [0, 0.05) is 11.7 Å². The van der Waals surface area contributed by atoms with Gasteiger partial charge < -0.3 is 10.8 Å². The summed E-state index contributed by atoms with van der Waals surface area (Å²) in [6.45, 7) is 3.37. The van der Waals surface area contributed by atoms with Crippen LogP contribution >= 0.6 is 0 Å². The van der Waals surface area contributed by atoms with Gasteiger partial charge in [0.1, 0.15) is 0 Å². The minimum absolute atomic E-state index is 0.0557. The van der Waals surface area contributed by atoms with Gasteiger partial charge in [0.2, 0.25) is 0 Å². The van der Waals surface area contributed by atoms with Gasteiger partial charge in [-0.3, -0.25) is 0 Å². The van der Waals surface area contributed by atoms with Crippen molar-refractivity contribution in [3.05, 3.63) is 35.4 Å². The number of hydrogen-bond acceptors (Lipinski definition) is 4. The first-order valence-corrected chi connectivity index (χ1v) is 8.32. The molecule has 2 rings (SSSR count). The summed E-state index contributed by atoms with van der Waals surface area (Å²) >= 11 is 0. The summed E-state index contributed by atoms with van der Waals surface area (Å²) in [5.41, 5.74) is 7.14. The topological polar surface area (TPSA) is 80.4 Å². The van der Waals surface area contributed by atoms with Crippen molar-refractivity contribution >= 4 is 9.84 Å². The molecule has 1 fully saturated rings. The van der Waals surface area contributed by atoms with Gasteiger partial charge in [-0.25, -0.2) is 8.42 Å². The molecule has 4 nitrogen and oxygen atoms in total. The lowest BCUT2D eigenvalue weighted by Gasteiger charge is -2.07. The fraction of sp³-hybridized carbons (Fsp3) is 0.571. The molecule has 1 aromatic carbocycles. The zero-order valence-corrected chi connectivity index (χ0v) is 12.2. The van der Waals surface area contributed by atoms with Gasteiger partial charge in [-0.05, 0) is 17.5 Å². The Hall–Kier alpha value is -0.910. The van der Waals surface area contributed by atoms with Gasteiger partial charge in [-0.2, -0.15) is 0 Å². The van der Waals surface area contributed by atoms with Crippen LogP contribution in [0.1, 0.15) is 30.9 Å². The summed E-state index contributed by atoms with van der Waals surface area (Å²) in [5.74, 6) is -0.242. The molecule has 0 heterocycles. The van der Waals surface area contributed by atoms with Crippen LogP contribution < -0.4 is 5.73 Å². The van der Waals surface area contributed by atoms with Crippen molar-refractivity contribution < 1.29 is 13.5 Å². The second kappa shape index (κ2) is 4.89. The second-order valence-electron chi connectivity index (χ2n) is 5.22. The Balaban J connectivity index is 2.34. The molecule has 0 unspecified atom stereocenters. The summed E-state index contributed by atoms with van der Waals surface area (Å²) < 4.78 is 24.1. The fourth-order valence-electron chi connectivity index (χ4n) is 2.78. The highest BCUT2D eigenvalue weighted by atomic mass is 32.2. The quantitative estimate of drug-likeness (QED) is 0.839. The lowest BCUT2D eigenvalue weighted by atomic mass is 10.0. The molecule has 0 saturated heterocycles. The van der Waals surface area contributed by atoms with Crippen LogP contribution in [0.3, 0.4) is 0 Å². The molecular weight excluding hydrogens is 262 g/mol. The van der Waals surface area contributed by atoms with Gasteiger partial charge in [0.15, 0.2) is 9.84 Å². The van der Waals surface area contributed by atoms with E-state index in [1.54, 1.807) is 6.92 Å². The van der Waals surface area contributed by atoms with Crippen LogP contribution in [0.2, 0.25) is 0 Å². The standard InChI is InChI=1S/C14H21NO3S/c1-3-10-5-7-11(8-6-10)12-13(14(12,15)9-16)19(17,18)4-2/h5-8,12-13,16H,3-4,9,15H2,1-2H3/t12-,13+,14+/m1/s1. The fourth-order valence-corrected chi connectivity index (χ4v) is 4.77. The van der Waals surface area contributed by atoms with E-state index in [2.05, 4.69) is 6.92 Å². The van der Waals surface area contributed by atoms with Crippen LogP contribution in [-0.2, 0) is 16.3 Å². The highest BCUT2D eigenvalue weighted by Crippen LogP contribution is 2.53. The first kappa shape index (κ1) is 14.5. The third kappa shape index (κ3) is 2.30. The Morgan fingerprint density at radius 3 is 2.26 bits per heavy atom. The number of sulfone groups is 1. The molecular formula is C14H21NO3S. The van der Waals surface area contributed by atoms with Gasteiger partial charge >= 0.3 is 0 Å². The molecule has 0 spiro atoms. The summed E-state index contributed by atoms with van der Waals surface area (Å²) in [7, 11) is -3.24. The van der Waals surface area contributed by atoms with Crippen LogP contribution in [0, 0.1) is 0 Å². The normalized spacial score (nSPS) is 30.3. The monoisotopic (exact) mass is 283 g/mol. The van der Waals surface area contributed by atoms with E-state index >= 15 is 0 Å². The zero-order chi connectivity index (χ0) is 14.3. The van der Waals surface area contributed by atoms with E-state index in [1.807, 2.05) is 24.3 Å². The first-order valence-electron chi connectivity index (χ1n) is 6.60. The molecule has 3 N–H and O–H groups in total. The molecule has 1 aromatic rings. The predicted molar refractivity (Wildman–Crippen MR) is 75.8 cm³/mol. The Labute approximate surface area is 114 Å². The van der Waals surface area contributed by atoms with E-state index in [1.165, 1.54) is 5.56 Å². The molecule has 0 radical (unpaired) electrons. The van der Waals surface area contributed by atoms with Crippen LogP contribution in [-0.4, -0.2) is 36.7 Å². The number of aliphatic hydroxyl groups is 1. The molecule has 3 atom stereocenters. The Kier molecular flexibility index (Phi) is 3.73. The van der Waals surface area contributed by atoms with Crippen molar-refractivity contribution in [2.45, 2.75) is 37.0 Å². The van der Waals surface area contributed by atoms with E-state index in [0.717, 1.165) is 12.0 Å². The highest BCUT2D eigenvalue weighted by molar-refractivity contribution is 7.92. The van der Waals surface area contributed by atoms with Crippen molar-refractivity contribution in [3.8, 4) is 0 Å². The maximum absolute atomic E-state index is 12.1. The highest BCUT2D eigenvalue weighted by Gasteiger charge is 2.68. The third-order valence-electron chi connectivity index (χ3n) is 4.11. The van der Waals surface area contributed by atoms with Crippen LogP contribution in [0.5, 0.6) is 0 Å². The molecule has 1 aliphatic carbocycles. The molecule has 0 bridgehead atoms. The van der Waals surface area contributed by atoms with Gasteiger partial charge in [0.25, 0.3) is 0 Å². The Morgan fingerprint density at radius 2 is 1.84 bits per heavy atom. The minimum Gasteiger partial charge on any atom is -0.394 e. The zero-order valence-electron chi connectivity index (χ0n) is 11.3. The molecule has 0 aliphatic heterocycles. The van der Waals surface area contributed by atoms with E-state index in [4.69, 9.17) is 5.73 Å². The number of hydrogen-bond donors (Lipinski definition) is 2. The molecule has 19 heavy (non-hydrogen) atoms. The van der Waals surface area contributed by atoms with Crippen molar-refractivity contribution in [2.24, 2.45) is 5.73 Å². The minimum atomic E-state index is -3.24. The largest absolute Gasteiger partial charge is 0.394 e. The van der Waals surface area contributed by atoms with Gasteiger partial charge in [0.05, 0.1) is 17.4 Å². The SMILES string of the molecule is CCc1ccc([C@@H]2[C@H](S(=O)(=O)CC)[C@]2(N)CO)cc1. The summed E-state index contributed by atoms with van der Waals surface area (Å²) in [6.07, 6.45) is 0.940. The molecule has 1 saturated carbocycles. The van der Waals surface area contributed by atoms with Crippen LogP contribution in [0.4, 0.5) is 0 Å². The third-order valence-corrected chi connectivity index (χ3v) is 6.40. The molecule has 1 aliphatic rings. The van der Waals surface area contributed by atoms with Crippen LogP contribution in [0.25, 0.3) is 0 Å². The van der Waals surface area contributed by atoms with E-state index < -0.39 is 20.6 Å². The second-order valence-corrected chi connectivity index (χ2v) is 7.63. The molecule has 0 aromatic heterocycles. The summed E-state index contributed by atoms with van der Waals surface area (Å²) in [5, 5.41) is 8.77. The van der Waals surface area contributed by atoms with Crippen molar-refractivity contribution in [3.63, 3.8) is 0 Å². The molecule has 0 amide bonds. The van der Waals surface area contributed by atoms with Crippen molar-refractivity contribution in [1.29, 1.82) is 0 Å². The maximum atomic E-state index is 12.1. The van der Waals surface area contributed by atoms with E-state index in [9.17, 15) is 13.5 Å². The number of rotatable bonds is 5. The Morgan fingerprint density at radius 1 is 1.26 bits per heavy atom. The first-order chi connectivity index (χ1) is 8.90. The predicted octanol–water partition coefficient (Wildman–Crippen LogP) is 0.839. The average molecular weight is 283 g/mol. The van der Waals surface area contributed by atoms with Gasteiger partial charge in [-0.1, -0.05) is 38.1 Å². The number of aryl methyl sites for hydroxylation is 1. The lowest BCUT2D eigenvalue weighted by molar-refractivity contribution is 0.253. The van der Waals surface area contributed by atoms with E-state index in [0.29, 0.717) is 0 Å². The molecule has 5 heteroatoms. The molecule has 106 valence electrons. The smallest absolute Gasteiger partial charge is 0.155 e. The van der Waals surface area contributed by atoms with Crippen LogP contribution in [0.15, 0.2) is 24.3 Å². The van der Waals surface area contributed by atoms with Crippen molar-refractivity contribution in [1.82, 2.24) is 0 Å².